The molecule has 0 fully saturated rings. The number of benzene rings is 2. The molecule has 106 valence electrons. The van der Waals surface area contributed by atoms with E-state index in [0.29, 0.717) is 27.4 Å². The van der Waals surface area contributed by atoms with E-state index in [2.05, 4.69) is 15.9 Å². The largest absolute Gasteiger partial charge is 0.493 e. The molecule has 0 aliphatic heterocycles. The SMILES string of the molecule is COc1cccc(CBr)c1OCc1c(F)cccc1Cl. The number of methoxy groups -OCH3 is 1. The Kier molecular flexibility index (Phi) is 5.26. The normalized spacial score (nSPS) is 10.4. The van der Waals surface area contributed by atoms with E-state index in [1.165, 1.54) is 6.07 Å². The van der Waals surface area contributed by atoms with Crippen LogP contribution in [0.1, 0.15) is 11.1 Å². The van der Waals surface area contributed by atoms with Crippen molar-refractivity contribution in [3.8, 4) is 11.5 Å². The van der Waals surface area contributed by atoms with Crippen molar-refractivity contribution in [1.29, 1.82) is 0 Å². The third-order valence-corrected chi connectivity index (χ3v) is 3.81. The molecule has 5 heteroatoms. The Morgan fingerprint density at radius 3 is 2.60 bits per heavy atom. The standard InChI is InChI=1S/C15H13BrClFO2/c1-19-14-7-2-4-10(8-16)15(14)20-9-11-12(17)5-3-6-13(11)18/h2-7H,8-9H2,1H3. The molecule has 0 aromatic heterocycles. The minimum absolute atomic E-state index is 0.0475. The molecule has 2 nitrogen and oxygen atoms in total. The van der Waals surface area contributed by atoms with Gasteiger partial charge in [0.1, 0.15) is 12.4 Å². The first-order chi connectivity index (χ1) is 9.67. The van der Waals surface area contributed by atoms with Gasteiger partial charge in [0.25, 0.3) is 0 Å². The molecule has 0 unspecified atom stereocenters. The molecule has 20 heavy (non-hydrogen) atoms. The van der Waals surface area contributed by atoms with Gasteiger partial charge in [-0.2, -0.15) is 0 Å². The summed E-state index contributed by atoms with van der Waals surface area (Å²) in [6.45, 7) is 0.0475. The van der Waals surface area contributed by atoms with Gasteiger partial charge in [0, 0.05) is 16.5 Å². The van der Waals surface area contributed by atoms with Gasteiger partial charge in [-0.25, -0.2) is 4.39 Å². The molecule has 0 radical (unpaired) electrons. The van der Waals surface area contributed by atoms with Crippen molar-refractivity contribution < 1.29 is 13.9 Å². The van der Waals surface area contributed by atoms with Crippen molar-refractivity contribution in [3.63, 3.8) is 0 Å². The van der Waals surface area contributed by atoms with E-state index >= 15 is 0 Å². The summed E-state index contributed by atoms with van der Waals surface area (Å²) in [6.07, 6.45) is 0. The number of rotatable bonds is 5. The fourth-order valence-electron chi connectivity index (χ4n) is 1.81. The zero-order valence-corrected chi connectivity index (χ0v) is 13.2. The van der Waals surface area contributed by atoms with E-state index in [4.69, 9.17) is 21.1 Å². The summed E-state index contributed by atoms with van der Waals surface area (Å²) in [4.78, 5) is 0. The van der Waals surface area contributed by atoms with Crippen LogP contribution >= 0.6 is 27.5 Å². The average molecular weight is 360 g/mol. The molecule has 0 aliphatic carbocycles. The van der Waals surface area contributed by atoms with Gasteiger partial charge in [-0.3, -0.25) is 0 Å². The highest BCUT2D eigenvalue weighted by Gasteiger charge is 2.13. The van der Waals surface area contributed by atoms with Crippen molar-refractivity contribution in [2.45, 2.75) is 11.9 Å². The lowest BCUT2D eigenvalue weighted by molar-refractivity contribution is 0.277. The summed E-state index contributed by atoms with van der Waals surface area (Å²) in [5.74, 6) is 0.813. The summed E-state index contributed by atoms with van der Waals surface area (Å²) in [5.41, 5.74) is 1.26. The average Bonchev–Trinajstić information content (AvgIpc) is 2.46. The van der Waals surface area contributed by atoms with Crippen LogP contribution in [-0.2, 0) is 11.9 Å². The van der Waals surface area contributed by atoms with Gasteiger partial charge in [0.15, 0.2) is 11.5 Å². The summed E-state index contributed by atoms with van der Waals surface area (Å²) in [6, 6.07) is 10.1. The van der Waals surface area contributed by atoms with Crippen LogP contribution in [0.15, 0.2) is 36.4 Å². The van der Waals surface area contributed by atoms with E-state index in [-0.39, 0.29) is 12.4 Å². The van der Waals surface area contributed by atoms with Crippen LogP contribution in [0.5, 0.6) is 11.5 Å². The van der Waals surface area contributed by atoms with E-state index in [0.717, 1.165) is 5.56 Å². The number of halogens is 3. The second-order valence-corrected chi connectivity index (χ2v) is 5.04. The van der Waals surface area contributed by atoms with Crippen molar-refractivity contribution >= 4 is 27.5 Å². The van der Waals surface area contributed by atoms with Gasteiger partial charge in [0.05, 0.1) is 12.1 Å². The number of para-hydroxylation sites is 1. The Labute approximate surface area is 130 Å². The lowest BCUT2D eigenvalue weighted by Gasteiger charge is -2.14. The second-order valence-electron chi connectivity index (χ2n) is 4.07. The zero-order valence-electron chi connectivity index (χ0n) is 10.8. The van der Waals surface area contributed by atoms with Crippen LogP contribution in [-0.4, -0.2) is 7.11 Å². The summed E-state index contributed by atoms with van der Waals surface area (Å²) in [7, 11) is 1.57. The highest BCUT2D eigenvalue weighted by atomic mass is 79.9. The maximum absolute atomic E-state index is 13.7. The molecule has 2 rings (SSSR count). The smallest absolute Gasteiger partial charge is 0.165 e. The number of alkyl halides is 1. The molecule has 0 amide bonds. The van der Waals surface area contributed by atoms with Crippen LogP contribution in [0, 0.1) is 5.82 Å². The Balaban J connectivity index is 2.27. The molecule has 0 atom stereocenters. The van der Waals surface area contributed by atoms with Crippen molar-refractivity contribution in [2.75, 3.05) is 7.11 Å². The Morgan fingerprint density at radius 2 is 1.95 bits per heavy atom. The second kappa shape index (κ2) is 6.95. The summed E-state index contributed by atoms with van der Waals surface area (Å²) < 4.78 is 24.7. The fraction of sp³-hybridized carbons (Fsp3) is 0.200. The third-order valence-electron chi connectivity index (χ3n) is 2.85. The van der Waals surface area contributed by atoms with Crippen LogP contribution in [0.3, 0.4) is 0 Å². The minimum atomic E-state index is -0.382. The van der Waals surface area contributed by atoms with Gasteiger partial charge in [0.2, 0.25) is 0 Å². The maximum Gasteiger partial charge on any atom is 0.165 e. The number of hydrogen-bond acceptors (Lipinski definition) is 2. The molecular weight excluding hydrogens is 347 g/mol. The first-order valence-electron chi connectivity index (χ1n) is 5.95. The van der Waals surface area contributed by atoms with Gasteiger partial charge in [-0.1, -0.05) is 45.7 Å². The minimum Gasteiger partial charge on any atom is -0.493 e. The first-order valence-corrected chi connectivity index (χ1v) is 7.44. The van der Waals surface area contributed by atoms with Crippen LogP contribution in [0.2, 0.25) is 5.02 Å². The van der Waals surface area contributed by atoms with E-state index in [1.807, 2.05) is 12.1 Å². The summed E-state index contributed by atoms with van der Waals surface area (Å²) in [5, 5.41) is 0.963. The summed E-state index contributed by atoms with van der Waals surface area (Å²) >= 11 is 9.37. The first kappa shape index (κ1) is 15.1. The molecule has 0 saturated carbocycles. The maximum atomic E-state index is 13.7. The Hall–Kier alpha value is -1.26. The molecule has 0 aliphatic rings. The molecule has 0 saturated heterocycles. The quantitative estimate of drug-likeness (QED) is 0.702. The van der Waals surface area contributed by atoms with Crippen LogP contribution in [0.4, 0.5) is 4.39 Å². The lowest BCUT2D eigenvalue weighted by Crippen LogP contribution is -2.02. The van der Waals surface area contributed by atoms with Gasteiger partial charge < -0.3 is 9.47 Å². The van der Waals surface area contributed by atoms with E-state index in [1.54, 1.807) is 25.3 Å². The van der Waals surface area contributed by atoms with Crippen molar-refractivity contribution in [3.05, 3.63) is 58.4 Å². The molecule has 2 aromatic rings. The molecule has 0 bridgehead atoms. The highest BCUT2D eigenvalue weighted by molar-refractivity contribution is 9.08. The molecule has 2 aromatic carbocycles. The predicted molar refractivity (Wildman–Crippen MR) is 81.4 cm³/mol. The fourth-order valence-corrected chi connectivity index (χ4v) is 2.46. The highest BCUT2D eigenvalue weighted by Crippen LogP contribution is 2.33. The van der Waals surface area contributed by atoms with Crippen LogP contribution < -0.4 is 9.47 Å². The third kappa shape index (κ3) is 3.25. The van der Waals surface area contributed by atoms with Crippen molar-refractivity contribution in [2.24, 2.45) is 0 Å². The molecule has 0 spiro atoms. The van der Waals surface area contributed by atoms with Gasteiger partial charge >= 0.3 is 0 Å². The number of ether oxygens (including phenoxy) is 2. The molecule has 0 N–H and O–H groups in total. The Morgan fingerprint density at radius 1 is 1.20 bits per heavy atom. The Bertz CT molecular complexity index is 562. The van der Waals surface area contributed by atoms with Crippen molar-refractivity contribution in [1.82, 2.24) is 0 Å². The zero-order chi connectivity index (χ0) is 14.5. The molecule has 0 heterocycles. The van der Waals surface area contributed by atoms with Gasteiger partial charge in [-0.05, 0) is 18.2 Å². The molecular formula is C15H13BrClFO2. The monoisotopic (exact) mass is 358 g/mol. The predicted octanol–water partition coefficient (Wildman–Crippen LogP) is 4.96. The lowest BCUT2D eigenvalue weighted by atomic mass is 10.2. The van der Waals surface area contributed by atoms with E-state index in [9.17, 15) is 4.39 Å². The van der Waals surface area contributed by atoms with Crippen LogP contribution in [0.25, 0.3) is 0 Å². The topological polar surface area (TPSA) is 18.5 Å². The van der Waals surface area contributed by atoms with Gasteiger partial charge in [-0.15, -0.1) is 0 Å². The number of hydrogen-bond donors (Lipinski definition) is 0. The van der Waals surface area contributed by atoms with E-state index < -0.39 is 0 Å².